The van der Waals surface area contributed by atoms with Gasteiger partial charge in [0.2, 0.25) is 9.73 Å². The maximum absolute atomic E-state index is 12.4. The van der Waals surface area contributed by atoms with E-state index in [-0.39, 0.29) is 5.91 Å². The summed E-state index contributed by atoms with van der Waals surface area (Å²) in [5.74, 6) is -0.158. The number of carbonyl (C=O) groups is 1. The van der Waals surface area contributed by atoms with Crippen molar-refractivity contribution in [3.05, 3.63) is 51.7 Å². The molecule has 2 aromatic heterocycles. The average Bonchev–Trinajstić information content (AvgIpc) is 2.89. The summed E-state index contributed by atoms with van der Waals surface area (Å²) in [6, 6.07) is 9.07. The Morgan fingerprint density at radius 2 is 2.06 bits per heavy atom. The fourth-order valence-electron chi connectivity index (χ4n) is 1.80. The molecule has 0 aliphatic carbocycles. The van der Waals surface area contributed by atoms with E-state index in [0.29, 0.717) is 10.3 Å². The first-order chi connectivity index (χ1) is 8.68. The number of hydrogen-bond donors (Lipinski definition) is 0. The van der Waals surface area contributed by atoms with E-state index < -0.39 is 0 Å². The number of nitrogens with zero attached hydrogens (tertiary/aromatic N) is 3. The second kappa shape index (κ2) is 4.15. The molecule has 0 unspecified atom stereocenters. The molecule has 0 amide bonds. The number of aryl methyl sites for hydroxylation is 1. The molecule has 0 N–H and O–H groups in total. The van der Waals surface area contributed by atoms with Crippen LogP contribution in [0.1, 0.15) is 16.1 Å². The highest BCUT2D eigenvalue weighted by atomic mass is 32.1. The first kappa shape index (κ1) is 11.3. The van der Waals surface area contributed by atoms with Gasteiger partial charge in [-0.25, -0.2) is 4.52 Å². The number of thiazole rings is 1. The molecular formula is C12H9N3OS2. The summed E-state index contributed by atoms with van der Waals surface area (Å²) < 4.78 is 3.48. The van der Waals surface area contributed by atoms with Gasteiger partial charge >= 0.3 is 0 Å². The Balaban J connectivity index is 2.26. The van der Waals surface area contributed by atoms with Crippen molar-refractivity contribution in [1.29, 1.82) is 0 Å². The van der Waals surface area contributed by atoms with Crippen LogP contribution < -0.4 is 0 Å². The molecule has 0 bridgehead atoms. The zero-order valence-corrected chi connectivity index (χ0v) is 11.2. The highest BCUT2D eigenvalue weighted by molar-refractivity contribution is 7.71. The number of carbonyl (C=O) groups excluding carboxylic acids is 1. The lowest BCUT2D eigenvalue weighted by molar-refractivity contribution is 0.0937. The van der Waals surface area contributed by atoms with Crippen LogP contribution in [-0.2, 0) is 0 Å². The summed E-state index contributed by atoms with van der Waals surface area (Å²) in [4.78, 5) is 17.4. The molecule has 0 radical (unpaired) electrons. The molecule has 3 aromatic rings. The number of hydrogen-bond acceptors (Lipinski definition) is 4. The third kappa shape index (κ3) is 1.61. The van der Waals surface area contributed by atoms with Crippen LogP contribution in [0, 0.1) is 11.7 Å². The van der Waals surface area contributed by atoms with Crippen molar-refractivity contribution in [2.75, 3.05) is 0 Å². The van der Waals surface area contributed by atoms with Crippen LogP contribution >= 0.6 is 23.6 Å². The van der Waals surface area contributed by atoms with Crippen LogP contribution in [-0.4, -0.2) is 20.1 Å². The van der Waals surface area contributed by atoms with Crippen LogP contribution in [0.5, 0.6) is 0 Å². The fraction of sp³-hybridized carbons (Fsp3) is 0.0833. The molecule has 18 heavy (non-hydrogen) atoms. The van der Waals surface area contributed by atoms with E-state index in [9.17, 15) is 4.79 Å². The third-order valence-corrected chi connectivity index (χ3v) is 3.83. The molecule has 2 heterocycles. The van der Waals surface area contributed by atoms with Gasteiger partial charge in [0.05, 0.1) is 5.69 Å². The van der Waals surface area contributed by atoms with Gasteiger partial charge in [0, 0.05) is 10.9 Å². The van der Waals surface area contributed by atoms with Crippen molar-refractivity contribution in [2.24, 2.45) is 0 Å². The molecule has 1 aromatic carbocycles. The van der Waals surface area contributed by atoms with Gasteiger partial charge in [-0.3, -0.25) is 4.79 Å². The van der Waals surface area contributed by atoms with E-state index in [2.05, 4.69) is 4.98 Å². The predicted molar refractivity (Wildman–Crippen MR) is 72.8 cm³/mol. The van der Waals surface area contributed by atoms with Crippen molar-refractivity contribution in [3.63, 3.8) is 0 Å². The van der Waals surface area contributed by atoms with Crippen LogP contribution in [0.2, 0.25) is 0 Å². The molecule has 0 saturated heterocycles. The lowest BCUT2D eigenvalue weighted by Crippen LogP contribution is -2.17. The molecule has 6 heteroatoms. The highest BCUT2D eigenvalue weighted by Crippen LogP contribution is 2.16. The molecule has 0 aliphatic heterocycles. The van der Waals surface area contributed by atoms with Gasteiger partial charge in [0.25, 0.3) is 5.91 Å². The Hall–Kier alpha value is -1.79. The summed E-state index contributed by atoms with van der Waals surface area (Å²) in [6.07, 6.45) is 0. The predicted octanol–water partition coefficient (Wildman–Crippen LogP) is 2.92. The van der Waals surface area contributed by atoms with E-state index in [1.807, 2.05) is 30.5 Å². The topological polar surface area (TPSA) is 39.3 Å². The van der Waals surface area contributed by atoms with Gasteiger partial charge in [-0.1, -0.05) is 18.2 Å². The van der Waals surface area contributed by atoms with Crippen LogP contribution in [0.15, 0.2) is 35.7 Å². The zero-order valence-electron chi connectivity index (χ0n) is 9.53. The molecule has 0 saturated carbocycles. The number of fused-ring (bicyclic) bond motifs is 1. The van der Waals surface area contributed by atoms with Crippen molar-refractivity contribution in [1.82, 2.24) is 14.2 Å². The molecule has 90 valence electrons. The summed E-state index contributed by atoms with van der Waals surface area (Å²) >= 11 is 6.63. The fourth-order valence-corrected chi connectivity index (χ4v) is 2.95. The smallest absolute Gasteiger partial charge is 0.267 e. The number of aromatic nitrogens is 3. The normalized spacial score (nSPS) is 10.9. The second-order valence-electron chi connectivity index (χ2n) is 3.85. The molecule has 0 aliphatic rings. The monoisotopic (exact) mass is 275 g/mol. The summed E-state index contributed by atoms with van der Waals surface area (Å²) in [5, 5.41) is 1.95. The second-order valence-corrected chi connectivity index (χ2v) is 5.05. The van der Waals surface area contributed by atoms with Crippen LogP contribution in [0.25, 0.3) is 4.96 Å². The zero-order chi connectivity index (χ0) is 12.7. The summed E-state index contributed by atoms with van der Waals surface area (Å²) in [5.41, 5.74) is 1.55. The summed E-state index contributed by atoms with van der Waals surface area (Å²) in [7, 11) is 0. The molecular weight excluding hydrogens is 266 g/mol. The van der Waals surface area contributed by atoms with E-state index in [1.54, 1.807) is 16.6 Å². The van der Waals surface area contributed by atoms with Gasteiger partial charge in [-0.15, -0.1) is 11.3 Å². The van der Waals surface area contributed by atoms with E-state index >= 15 is 0 Å². The van der Waals surface area contributed by atoms with Gasteiger partial charge < -0.3 is 0 Å². The molecule has 4 nitrogen and oxygen atoms in total. The minimum Gasteiger partial charge on any atom is -0.267 e. The minimum atomic E-state index is -0.158. The van der Waals surface area contributed by atoms with E-state index in [1.165, 1.54) is 16.0 Å². The average molecular weight is 275 g/mol. The SMILES string of the molecule is Cc1csc2nc(=S)n(C(=O)c3ccccc3)n12. The maximum atomic E-state index is 12.4. The van der Waals surface area contributed by atoms with Crippen molar-refractivity contribution < 1.29 is 4.79 Å². The molecule has 3 rings (SSSR count). The Labute approximate surface area is 112 Å². The molecule has 0 atom stereocenters. The van der Waals surface area contributed by atoms with Gasteiger partial charge in [-0.05, 0) is 31.3 Å². The molecule has 0 spiro atoms. The largest absolute Gasteiger partial charge is 0.279 e. The number of benzene rings is 1. The lowest BCUT2D eigenvalue weighted by atomic mass is 10.2. The maximum Gasteiger partial charge on any atom is 0.279 e. The van der Waals surface area contributed by atoms with Gasteiger partial charge in [0.1, 0.15) is 0 Å². The minimum absolute atomic E-state index is 0.158. The van der Waals surface area contributed by atoms with Gasteiger partial charge in [-0.2, -0.15) is 9.67 Å². The first-order valence-corrected chi connectivity index (χ1v) is 6.63. The Morgan fingerprint density at radius 1 is 1.33 bits per heavy atom. The van der Waals surface area contributed by atoms with Crippen LogP contribution in [0.3, 0.4) is 0 Å². The van der Waals surface area contributed by atoms with E-state index in [4.69, 9.17) is 12.2 Å². The quantitative estimate of drug-likeness (QED) is 0.641. The Morgan fingerprint density at radius 3 is 2.78 bits per heavy atom. The first-order valence-electron chi connectivity index (χ1n) is 5.34. The van der Waals surface area contributed by atoms with Crippen molar-refractivity contribution in [2.45, 2.75) is 6.92 Å². The van der Waals surface area contributed by atoms with Crippen molar-refractivity contribution in [3.8, 4) is 0 Å². The van der Waals surface area contributed by atoms with Gasteiger partial charge in [0.15, 0.2) is 0 Å². The Kier molecular flexibility index (Phi) is 2.61. The standard InChI is InChI=1S/C12H9N3OS2/c1-8-7-18-12-13-11(17)15(14(8)12)10(16)9-5-3-2-4-6-9/h2-7H,1H3. The third-order valence-electron chi connectivity index (χ3n) is 2.64. The lowest BCUT2D eigenvalue weighted by Gasteiger charge is -2.04. The van der Waals surface area contributed by atoms with Crippen molar-refractivity contribution >= 4 is 34.4 Å². The number of rotatable bonds is 1. The Bertz CT molecular complexity index is 783. The molecule has 0 fully saturated rings. The van der Waals surface area contributed by atoms with Crippen LogP contribution in [0.4, 0.5) is 0 Å². The summed E-state index contributed by atoms with van der Waals surface area (Å²) in [6.45, 7) is 1.93. The van der Waals surface area contributed by atoms with E-state index in [0.717, 1.165) is 10.7 Å². The highest BCUT2D eigenvalue weighted by Gasteiger charge is 2.16.